The van der Waals surface area contributed by atoms with Crippen molar-refractivity contribution in [3.05, 3.63) is 23.3 Å². The van der Waals surface area contributed by atoms with E-state index in [1.54, 1.807) is 6.07 Å². The van der Waals surface area contributed by atoms with Crippen molar-refractivity contribution >= 4 is 0 Å². The van der Waals surface area contributed by atoms with Crippen LogP contribution in [0.15, 0.2) is 12.1 Å². The molecule has 0 fully saturated rings. The molecule has 16 heavy (non-hydrogen) atoms. The van der Waals surface area contributed by atoms with Crippen LogP contribution in [0, 0.1) is 0 Å². The van der Waals surface area contributed by atoms with E-state index in [0.717, 1.165) is 0 Å². The van der Waals surface area contributed by atoms with Crippen molar-refractivity contribution in [2.24, 2.45) is 0 Å². The predicted molar refractivity (Wildman–Crippen MR) is 55.1 cm³/mol. The fourth-order valence-electron chi connectivity index (χ4n) is 1.86. The lowest BCUT2D eigenvalue weighted by Crippen LogP contribution is -2.36. The van der Waals surface area contributed by atoms with E-state index in [1.807, 2.05) is 0 Å². The van der Waals surface area contributed by atoms with E-state index in [0.29, 0.717) is 23.6 Å². The van der Waals surface area contributed by atoms with Crippen molar-refractivity contribution in [2.45, 2.75) is 12.5 Å². The maximum atomic E-state index is 13.6. The van der Waals surface area contributed by atoms with Gasteiger partial charge in [0.1, 0.15) is 0 Å². The zero-order chi connectivity index (χ0) is 11.8. The summed E-state index contributed by atoms with van der Waals surface area (Å²) in [6.45, 7) is 0.0841. The lowest BCUT2D eigenvalue weighted by Gasteiger charge is -2.27. The molecule has 0 aliphatic carbocycles. The number of methoxy groups -OCH3 is 2. The van der Waals surface area contributed by atoms with Crippen LogP contribution in [0.1, 0.15) is 11.1 Å². The van der Waals surface area contributed by atoms with E-state index in [4.69, 9.17) is 9.47 Å². The molecule has 0 unspecified atom stereocenters. The van der Waals surface area contributed by atoms with Gasteiger partial charge < -0.3 is 14.8 Å². The summed E-state index contributed by atoms with van der Waals surface area (Å²) in [5.41, 5.74) is 0.567. The summed E-state index contributed by atoms with van der Waals surface area (Å²) in [7, 11) is 2.92. The van der Waals surface area contributed by atoms with Gasteiger partial charge in [0.05, 0.1) is 20.8 Å². The highest BCUT2D eigenvalue weighted by molar-refractivity contribution is 5.49. The Labute approximate surface area is 92.4 Å². The lowest BCUT2D eigenvalue weighted by atomic mass is 9.97. The van der Waals surface area contributed by atoms with Crippen LogP contribution in [0.3, 0.4) is 0 Å². The maximum Gasteiger partial charge on any atom is 0.285 e. The van der Waals surface area contributed by atoms with Gasteiger partial charge in [-0.15, -0.1) is 0 Å². The molecule has 0 saturated carbocycles. The lowest BCUT2D eigenvalue weighted by molar-refractivity contribution is -0.0110. The molecular weight excluding hydrogens is 216 g/mol. The van der Waals surface area contributed by atoms with Crippen LogP contribution >= 0.6 is 0 Å². The molecule has 0 amide bonds. The summed E-state index contributed by atoms with van der Waals surface area (Å²) in [5, 5.41) is 2.67. The fourth-order valence-corrected chi connectivity index (χ4v) is 1.86. The van der Waals surface area contributed by atoms with Crippen LogP contribution in [0.5, 0.6) is 11.5 Å². The van der Waals surface area contributed by atoms with Gasteiger partial charge in [0.2, 0.25) is 0 Å². The predicted octanol–water partition coefficient (Wildman–Crippen LogP) is 1.90. The third kappa shape index (κ3) is 1.71. The molecule has 1 aromatic carbocycles. The second-order valence-electron chi connectivity index (χ2n) is 3.67. The molecule has 0 aromatic heterocycles. The molecule has 0 spiro atoms. The van der Waals surface area contributed by atoms with E-state index in [1.165, 1.54) is 20.3 Å². The van der Waals surface area contributed by atoms with Crippen molar-refractivity contribution in [3.63, 3.8) is 0 Å². The molecule has 0 atom stereocenters. The van der Waals surface area contributed by atoms with Crippen molar-refractivity contribution in [3.8, 4) is 11.5 Å². The third-order valence-corrected chi connectivity index (χ3v) is 2.67. The molecule has 2 rings (SSSR count). The van der Waals surface area contributed by atoms with Gasteiger partial charge in [-0.1, -0.05) is 0 Å². The highest BCUT2D eigenvalue weighted by atomic mass is 19.3. The number of ether oxygens (including phenoxy) is 2. The van der Waals surface area contributed by atoms with Gasteiger partial charge in [-0.05, 0) is 17.7 Å². The summed E-state index contributed by atoms with van der Waals surface area (Å²) >= 11 is 0. The molecule has 88 valence electrons. The number of nitrogens with one attached hydrogen (secondary N) is 1. The molecule has 0 bridgehead atoms. The van der Waals surface area contributed by atoms with Crippen molar-refractivity contribution in [2.75, 3.05) is 20.8 Å². The van der Waals surface area contributed by atoms with Gasteiger partial charge in [-0.25, -0.2) is 0 Å². The average molecular weight is 229 g/mol. The minimum absolute atomic E-state index is 0.0175. The highest BCUT2D eigenvalue weighted by Crippen LogP contribution is 2.39. The normalized spacial score (nSPS) is 17.8. The Balaban J connectivity index is 2.55. The third-order valence-electron chi connectivity index (χ3n) is 2.67. The van der Waals surface area contributed by atoms with Crippen molar-refractivity contribution < 1.29 is 18.3 Å². The van der Waals surface area contributed by atoms with Gasteiger partial charge in [-0.3, -0.25) is 0 Å². The standard InChI is InChI=1S/C11H13F2NO2/c1-15-9-3-7-5-14-6-11(12,13)8(7)4-10(9)16-2/h3-4,14H,5-6H2,1-2H3. The second-order valence-corrected chi connectivity index (χ2v) is 3.67. The first kappa shape index (κ1) is 11.1. The Morgan fingerprint density at radius 3 is 2.44 bits per heavy atom. The van der Waals surface area contributed by atoms with E-state index in [-0.39, 0.29) is 12.1 Å². The average Bonchev–Trinajstić information content (AvgIpc) is 2.27. The van der Waals surface area contributed by atoms with E-state index >= 15 is 0 Å². The second kappa shape index (κ2) is 3.90. The van der Waals surface area contributed by atoms with E-state index in [9.17, 15) is 8.78 Å². The SMILES string of the molecule is COc1cc2c(cc1OC)C(F)(F)CNC2. The monoisotopic (exact) mass is 229 g/mol. The smallest absolute Gasteiger partial charge is 0.285 e. The minimum atomic E-state index is -2.85. The number of hydrogen-bond acceptors (Lipinski definition) is 3. The Bertz CT molecular complexity index is 407. The number of alkyl halides is 2. The van der Waals surface area contributed by atoms with E-state index < -0.39 is 5.92 Å². The van der Waals surface area contributed by atoms with E-state index in [2.05, 4.69) is 5.32 Å². The molecule has 1 aliphatic rings. The summed E-state index contributed by atoms with van der Waals surface area (Å²) in [4.78, 5) is 0. The summed E-state index contributed by atoms with van der Waals surface area (Å²) < 4.78 is 37.3. The molecule has 0 saturated heterocycles. The number of halogens is 2. The Kier molecular flexibility index (Phi) is 2.71. The van der Waals surface area contributed by atoms with Crippen LogP contribution in [0.4, 0.5) is 8.78 Å². The van der Waals surface area contributed by atoms with Gasteiger partial charge >= 0.3 is 0 Å². The zero-order valence-electron chi connectivity index (χ0n) is 9.14. The summed E-state index contributed by atoms with van der Waals surface area (Å²) in [6.07, 6.45) is 0. The Hall–Kier alpha value is -1.36. The maximum absolute atomic E-state index is 13.6. The van der Waals surface area contributed by atoms with Crippen LogP contribution < -0.4 is 14.8 Å². The van der Waals surface area contributed by atoms with Crippen molar-refractivity contribution in [1.82, 2.24) is 5.32 Å². The molecule has 1 aliphatic heterocycles. The van der Waals surface area contributed by atoms with Crippen molar-refractivity contribution in [1.29, 1.82) is 0 Å². The summed E-state index contributed by atoms with van der Waals surface area (Å²) in [6, 6.07) is 2.95. The van der Waals surface area contributed by atoms with Gasteiger partial charge in [0, 0.05) is 12.1 Å². The minimum Gasteiger partial charge on any atom is -0.493 e. The van der Waals surface area contributed by atoms with Gasteiger partial charge in [-0.2, -0.15) is 8.78 Å². The number of fused-ring (bicyclic) bond motifs is 1. The van der Waals surface area contributed by atoms with Gasteiger partial charge in [0.15, 0.2) is 11.5 Å². The molecule has 1 heterocycles. The fraction of sp³-hybridized carbons (Fsp3) is 0.455. The first-order valence-corrected chi connectivity index (χ1v) is 4.92. The quantitative estimate of drug-likeness (QED) is 0.840. The molecule has 3 nitrogen and oxygen atoms in total. The Morgan fingerprint density at radius 2 is 1.81 bits per heavy atom. The number of benzene rings is 1. The molecule has 5 heteroatoms. The molecule has 1 aromatic rings. The van der Waals surface area contributed by atoms with Crippen LogP contribution in [0.25, 0.3) is 0 Å². The molecular formula is C11H13F2NO2. The number of hydrogen-bond donors (Lipinski definition) is 1. The van der Waals surface area contributed by atoms with Gasteiger partial charge in [0.25, 0.3) is 5.92 Å². The summed E-state index contributed by atoms with van der Waals surface area (Å²) in [5.74, 6) is -2.05. The van der Waals surface area contributed by atoms with Crippen LogP contribution in [-0.4, -0.2) is 20.8 Å². The first-order valence-electron chi connectivity index (χ1n) is 4.92. The first-order chi connectivity index (χ1) is 7.58. The van der Waals surface area contributed by atoms with Crippen LogP contribution in [0.2, 0.25) is 0 Å². The topological polar surface area (TPSA) is 30.5 Å². The molecule has 1 N–H and O–H groups in total. The number of rotatable bonds is 2. The largest absolute Gasteiger partial charge is 0.493 e. The molecule has 0 radical (unpaired) electrons. The van der Waals surface area contributed by atoms with Crippen LogP contribution in [-0.2, 0) is 12.5 Å². The highest BCUT2D eigenvalue weighted by Gasteiger charge is 2.37. The Morgan fingerprint density at radius 1 is 1.19 bits per heavy atom. The zero-order valence-corrected chi connectivity index (χ0v) is 9.14.